The minimum atomic E-state index is -3.14. The van der Waals surface area contributed by atoms with Crippen LogP contribution in [0.4, 0.5) is 0 Å². The number of carbonyl (C=O) groups is 1. The lowest BCUT2D eigenvalue weighted by molar-refractivity contribution is -0.115. The molecule has 1 aromatic carbocycles. The van der Waals surface area contributed by atoms with Crippen molar-refractivity contribution in [1.82, 2.24) is 0 Å². The molecule has 26 heavy (non-hydrogen) atoms. The molecular weight excluding hydrogens is 348 g/mol. The fraction of sp³-hybridized carbons (Fsp3) is 0.571. The smallest absolute Gasteiger partial charge is 0.167 e. The Bertz CT molecular complexity index is 809. The van der Waals surface area contributed by atoms with Crippen molar-refractivity contribution in [2.75, 3.05) is 6.26 Å². The van der Waals surface area contributed by atoms with E-state index in [9.17, 15) is 18.3 Å². The second-order valence-electron chi connectivity index (χ2n) is 7.56. The van der Waals surface area contributed by atoms with Crippen LogP contribution in [0.1, 0.15) is 62.3 Å². The summed E-state index contributed by atoms with van der Waals surface area (Å²) >= 11 is 0. The molecule has 2 atom stereocenters. The molecule has 144 valence electrons. The standard InChI is InChI=1S/C21H30O4S/c1-6-16-8-13(3)9-17(7-2)20(16)21-18(22)11-15(12-19(21)23)10-14(4)26(5,24)25/h8-9,14-15,22H,6-7,10-12H2,1-5H3. The maximum atomic E-state index is 12.9. The SMILES string of the molecule is CCc1cc(C)cc(CC)c1C1=C(O)CC(CC(C)S(C)(=O)=O)CC1=O. The molecular formula is C21H30O4S. The lowest BCUT2D eigenvalue weighted by Crippen LogP contribution is -2.26. The number of hydrogen-bond donors (Lipinski definition) is 1. The number of benzene rings is 1. The highest BCUT2D eigenvalue weighted by Gasteiger charge is 2.32. The van der Waals surface area contributed by atoms with Crippen LogP contribution >= 0.6 is 0 Å². The van der Waals surface area contributed by atoms with Crippen molar-refractivity contribution in [3.63, 3.8) is 0 Å². The van der Waals surface area contributed by atoms with E-state index in [1.165, 1.54) is 6.26 Å². The van der Waals surface area contributed by atoms with Crippen molar-refractivity contribution >= 4 is 21.2 Å². The van der Waals surface area contributed by atoms with Crippen LogP contribution in [0.5, 0.6) is 0 Å². The second-order valence-corrected chi connectivity index (χ2v) is 10.0. The van der Waals surface area contributed by atoms with Crippen molar-refractivity contribution in [2.24, 2.45) is 5.92 Å². The molecule has 0 spiro atoms. The summed E-state index contributed by atoms with van der Waals surface area (Å²) in [5.74, 6) is -0.0931. The predicted molar refractivity (Wildman–Crippen MR) is 106 cm³/mol. The topological polar surface area (TPSA) is 71.4 Å². The van der Waals surface area contributed by atoms with Crippen LogP contribution in [0.15, 0.2) is 17.9 Å². The number of aliphatic hydroxyl groups is 1. The summed E-state index contributed by atoms with van der Waals surface area (Å²) in [6.45, 7) is 7.82. The van der Waals surface area contributed by atoms with E-state index in [-0.39, 0.29) is 17.5 Å². The van der Waals surface area contributed by atoms with Crippen molar-refractivity contribution < 1.29 is 18.3 Å². The Morgan fingerprint density at radius 1 is 1.15 bits per heavy atom. The van der Waals surface area contributed by atoms with Crippen LogP contribution in [0.2, 0.25) is 0 Å². The van der Waals surface area contributed by atoms with Gasteiger partial charge in [0.25, 0.3) is 0 Å². The van der Waals surface area contributed by atoms with Gasteiger partial charge in [0.15, 0.2) is 5.78 Å². The minimum Gasteiger partial charge on any atom is -0.512 e. The third kappa shape index (κ3) is 4.37. The van der Waals surface area contributed by atoms with Crippen molar-refractivity contribution in [2.45, 2.75) is 65.0 Å². The molecule has 0 heterocycles. The summed E-state index contributed by atoms with van der Waals surface area (Å²) < 4.78 is 23.4. The minimum absolute atomic E-state index is 0.0762. The van der Waals surface area contributed by atoms with Gasteiger partial charge in [-0.3, -0.25) is 4.79 Å². The number of hydrogen-bond acceptors (Lipinski definition) is 4. The first kappa shape index (κ1) is 20.7. The lowest BCUT2D eigenvalue weighted by atomic mass is 9.79. The molecule has 5 heteroatoms. The number of Topliss-reactive ketones (excluding diaryl/α,β-unsaturated/α-hetero) is 1. The zero-order valence-corrected chi connectivity index (χ0v) is 17.2. The summed E-state index contributed by atoms with van der Waals surface area (Å²) in [4.78, 5) is 12.9. The molecule has 2 rings (SSSR count). The Hall–Kier alpha value is -1.62. The van der Waals surface area contributed by atoms with E-state index in [0.717, 1.165) is 35.1 Å². The first-order valence-corrected chi connectivity index (χ1v) is 11.3. The van der Waals surface area contributed by atoms with Crippen molar-refractivity contribution in [3.8, 4) is 0 Å². The molecule has 1 N–H and O–H groups in total. The molecule has 1 aliphatic rings. The van der Waals surface area contributed by atoms with Crippen LogP contribution in [-0.4, -0.2) is 30.8 Å². The van der Waals surface area contributed by atoms with Gasteiger partial charge in [-0.25, -0.2) is 8.42 Å². The van der Waals surface area contributed by atoms with Crippen molar-refractivity contribution in [3.05, 3.63) is 40.1 Å². The van der Waals surface area contributed by atoms with E-state index in [0.29, 0.717) is 24.8 Å². The summed E-state index contributed by atoms with van der Waals surface area (Å²) in [5.41, 5.74) is 4.66. The fourth-order valence-corrected chi connectivity index (χ4v) is 4.51. The monoisotopic (exact) mass is 378 g/mol. The van der Waals surface area contributed by atoms with Gasteiger partial charge in [-0.05, 0) is 55.7 Å². The predicted octanol–water partition coefficient (Wildman–Crippen LogP) is 4.19. The molecule has 0 amide bonds. The highest BCUT2D eigenvalue weighted by atomic mass is 32.2. The third-order valence-corrected chi connectivity index (χ3v) is 7.03. The van der Waals surface area contributed by atoms with E-state index in [2.05, 4.69) is 26.0 Å². The normalized spacial score (nSPS) is 19.7. The average Bonchev–Trinajstić information content (AvgIpc) is 2.53. The second kappa shape index (κ2) is 7.95. The van der Waals surface area contributed by atoms with Gasteiger partial charge in [-0.15, -0.1) is 0 Å². The fourth-order valence-electron chi connectivity index (χ4n) is 3.89. The summed E-state index contributed by atoms with van der Waals surface area (Å²) in [6.07, 6.45) is 3.86. The number of aliphatic hydroxyl groups excluding tert-OH is 1. The van der Waals surface area contributed by atoms with Gasteiger partial charge in [-0.1, -0.05) is 31.5 Å². The first-order chi connectivity index (χ1) is 12.1. The summed E-state index contributed by atoms with van der Waals surface area (Å²) in [6, 6.07) is 4.17. The summed E-state index contributed by atoms with van der Waals surface area (Å²) in [5, 5.41) is 10.2. The molecule has 4 nitrogen and oxygen atoms in total. The van der Waals surface area contributed by atoms with Crippen molar-refractivity contribution in [1.29, 1.82) is 0 Å². The van der Waals surface area contributed by atoms with E-state index in [1.54, 1.807) is 6.92 Å². The van der Waals surface area contributed by atoms with Crippen LogP contribution in [0.3, 0.4) is 0 Å². The highest BCUT2D eigenvalue weighted by Crippen LogP contribution is 2.38. The molecule has 1 aliphatic carbocycles. The maximum Gasteiger partial charge on any atom is 0.167 e. The van der Waals surface area contributed by atoms with Crippen LogP contribution in [-0.2, 0) is 27.5 Å². The van der Waals surface area contributed by atoms with Gasteiger partial charge in [0.05, 0.1) is 10.8 Å². The molecule has 0 radical (unpaired) electrons. The van der Waals surface area contributed by atoms with Crippen LogP contribution in [0.25, 0.3) is 5.57 Å². The van der Waals surface area contributed by atoms with Gasteiger partial charge >= 0.3 is 0 Å². The largest absolute Gasteiger partial charge is 0.512 e. The molecule has 0 aliphatic heterocycles. The van der Waals surface area contributed by atoms with E-state index < -0.39 is 15.1 Å². The third-order valence-electron chi connectivity index (χ3n) is 5.38. The number of allylic oxidation sites excluding steroid dienone is 2. The molecule has 1 aromatic rings. The number of sulfone groups is 1. The highest BCUT2D eigenvalue weighted by molar-refractivity contribution is 7.91. The number of ketones is 1. The Morgan fingerprint density at radius 2 is 1.69 bits per heavy atom. The van der Waals surface area contributed by atoms with Gasteiger partial charge in [-0.2, -0.15) is 0 Å². The van der Waals surface area contributed by atoms with Crippen LogP contribution in [0, 0.1) is 12.8 Å². The Kier molecular flexibility index (Phi) is 6.33. The maximum absolute atomic E-state index is 12.9. The quantitative estimate of drug-likeness (QED) is 0.805. The number of aryl methyl sites for hydroxylation is 3. The Balaban J connectivity index is 2.43. The Morgan fingerprint density at radius 3 is 2.12 bits per heavy atom. The molecule has 0 fully saturated rings. The molecule has 2 unspecified atom stereocenters. The van der Waals surface area contributed by atoms with Crippen LogP contribution < -0.4 is 0 Å². The van der Waals surface area contributed by atoms with E-state index in [1.807, 2.05) is 6.92 Å². The van der Waals surface area contributed by atoms with Gasteiger partial charge in [0.1, 0.15) is 15.6 Å². The summed E-state index contributed by atoms with van der Waals surface area (Å²) in [7, 11) is -3.14. The van der Waals surface area contributed by atoms with E-state index >= 15 is 0 Å². The first-order valence-electron chi connectivity index (χ1n) is 9.35. The molecule has 0 aromatic heterocycles. The lowest BCUT2D eigenvalue weighted by Gasteiger charge is -2.27. The molecule has 0 bridgehead atoms. The van der Waals surface area contributed by atoms with E-state index in [4.69, 9.17) is 0 Å². The van der Waals surface area contributed by atoms with Gasteiger partial charge in [0.2, 0.25) is 0 Å². The zero-order chi connectivity index (χ0) is 19.6. The molecule has 0 saturated carbocycles. The number of carbonyl (C=O) groups excluding carboxylic acids is 1. The average molecular weight is 379 g/mol. The Labute approximate surface area is 157 Å². The molecule has 0 saturated heterocycles. The van der Waals surface area contributed by atoms with Gasteiger partial charge in [0, 0.05) is 19.1 Å². The number of rotatable bonds is 6. The zero-order valence-electron chi connectivity index (χ0n) is 16.4. The van der Waals surface area contributed by atoms with Gasteiger partial charge < -0.3 is 5.11 Å².